The number of aromatic nitrogens is 1. The van der Waals surface area contributed by atoms with Crippen LogP contribution in [0.2, 0.25) is 0 Å². The van der Waals surface area contributed by atoms with Gasteiger partial charge < -0.3 is 9.47 Å². The third-order valence-corrected chi connectivity index (χ3v) is 7.10. The van der Waals surface area contributed by atoms with Crippen LogP contribution in [0.5, 0.6) is 17.2 Å². The summed E-state index contributed by atoms with van der Waals surface area (Å²) in [6.07, 6.45) is 5.55. The lowest BCUT2D eigenvalue weighted by Crippen LogP contribution is -2.39. The fourth-order valence-corrected chi connectivity index (χ4v) is 4.71. The van der Waals surface area contributed by atoms with Gasteiger partial charge in [0.25, 0.3) is 0 Å². The van der Waals surface area contributed by atoms with E-state index in [1.807, 2.05) is 0 Å². The van der Waals surface area contributed by atoms with Crippen molar-refractivity contribution in [1.29, 1.82) is 5.26 Å². The zero-order valence-corrected chi connectivity index (χ0v) is 19.8. The number of rotatable bonds is 7. The molecular formula is C25H23F2N3O4S. The Kier molecular flexibility index (Phi) is 7.28. The van der Waals surface area contributed by atoms with E-state index in [1.54, 1.807) is 24.3 Å². The average molecular weight is 500 g/mol. The van der Waals surface area contributed by atoms with Crippen molar-refractivity contribution in [2.24, 2.45) is 5.92 Å². The monoisotopic (exact) mass is 499 g/mol. The topological polar surface area (TPSA) is 92.5 Å². The first-order valence-corrected chi connectivity index (χ1v) is 12.8. The summed E-state index contributed by atoms with van der Waals surface area (Å²) in [5, 5.41) is 9.45. The van der Waals surface area contributed by atoms with Gasteiger partial charge in [-0.15, -0.1) is 0 Å². The number of hydrogen-bond donors (Lipinski definition) is 0. The normalized spacial score (nSPS) is 14.9. The molecule has 182 valence electrons. The van der Waals surface area contributed by atoms with Crippen molar-refractivity contribution in [2.45, 2.75) is 12.8 Å². The van der Waals surface area contributed by atoms with Crippen molar-refractivity contribution in [3.63, 3.8) is 0 Å². The fourth-order valence-electron chi connectivity index (χ4n) is 3.84. The molecule has 1 fully saturated rings. The molecule has 1 saturated heterocycles. The molecule has 4 rings (SSSR count). The number of ether oxygens (including phenoxy) is 2. The summed E-state index contributed by atoms with van der Waals surface area (Å²) in [5.41, 5.74) is 1.35. The third-order valence-electron chi connectivity index (χ3n) is 5.79. The molecule has 1 aliphatic rings. The summed E-state index contributed by atoms with van der Waals surface area (Å²) in [7, 11) is -3.19. The maximum atomic E-state index is 13.6. The minimum atomic E-state index is -3.19. The maximum absolute atomic E-state index is 13.6. The SMILES string of the molecule is CS(=O)(=O)N1CCC(COc2cc(Oc3cncc(-c4ccc(F)c(F)c4)c3)ccc2C#N)CC1. The van der Waals surface area contributed by atoms with Gasteiger partial charge in [-0.2, -0.15) is 5.26 Å². The highest BCUT2D eigenvalue weighted by atomic mass is 32.2. The van der Waals surface area contributed by atoms with Gasteiger partial charge in [0.05, 0.1) is 24.6 Å². The van der Waals surface area contributed by atoms with Crippen molar-refractivity contribution in [1.82, 2.24) is 9.29 Å². The van der Waals surface area contributed by atoms with E-state index in [0.29, 0.717) is 66.5 Å². The number of piperidine rings is 1. The van der Waals surface area contributed by atoms with Crippen LogP contribution in [0.25, 0.3) is 11.1 Å². The van der Waals surface area contributed by atoms with Crippen molar-refractivity contribution in [3.8, 4) is 34.4 Å². The molecule has 2 heterocycles. The molecule has 35 heavy (non-hydrogen) atoms. The van der Waals surface area contributed by atoms with E-state index in [9.17, 15) is 22.5 Å². The lowest BCUT2D eigenvalue weighted by atomic mass is 9.99. The van der Waals surface area contributed by atoms with Crippen LogP contribution in [0, 0.1) is 28.9 Å². The van der Waals surface area contributed by atoms with Crippen LogP contribution in [0.1, 0.15) is 18.4 Å². The van der Waals surface area contributed by atoms with E-state index in [2.05, 4.69) is 11.1 Å². The van der Waals surface area contributed by atoms with E-state index in [-0.39, 0.29) is 5.92 Å². The molecular weight excluding hydrogens is 476 g/mol. The second-order valence-corrected chi connectivity index (χ2v) is 10.3. The number of pyridine rings is 1. The lowest BCUT2D eigenvalue weighted by molar-refractivity contribution is 0.185. The Bertz CT molecular complexity index is 1370. The molecule has 10 heteroatoms. The van der Waals surface area contributed by atoms with E-state index in [1.165, 1.54) is 29.0 Å². The molecule has 0 aliphatic carbocycles. The van der Waals surface area contributed by atoms with Gasteiger partial charge in [-0.3, -0.25) is 4.98 Å². The molecule has 0 unspecified atom stereocenters. The molecule has 1 aromatic heterocycles. The average Bonchev–Trinajstić information content (AvgIpc) is 2.84. The Labute approximate surface area is 202 Å². The zero-order valence-electron chi connectivity index (χ0n) is 18.9. The Balaban J connectivity index is 1.45. The van der Waals surface area contributed by atoms with E-state index < -0.39 is 21.7 Å². The molecule has 0 bridgehead atoms. The predicted octanol–water partition coefficient (Wildman–Crippen LogP) is 4.74. The standard InChI is InChI=1S/C25H23F2N3O4S/c1-35(31,32)30-8-6-17(7-9-30)16-33-25-12-21(4-2-19(25)13-28)34-22-10-20(14-29-15-22)18-3-5-23(26)24(27)11-18/h2-5,10-12,14-15,17H,6-9,16H2,1H3. The minimum absolute atomic E-state index is 0.168. The quantitative estimate of drug-likeness (QED) is 0.466. The van der Waals surface area contributed by atoms with Crippen LogP contribution >= 0.6 is 0 Å². The molecule has 0 amide bonds. The second kappa shape index (κ2) is 10.4. The van der Waals surface area contributed by atoms with Gasteiger partial charge >= 0.3 is 0 Å². The summed E-state index contributed by atoms with van der Waals surface area (Å²) in [6.45, 7) is 1.24. The van der Waals surface area contributed by atoms with Gasteiger partial charge in [0, 0.05) is 30.9 Å². The Morgan fingerprint density at radius 2 is 1.80 bits per heavy atom. The molecule has 2 aromatic carbocycles. The smallest absolute Gasteiger partial charge is 0.211 e. The highest BCUT2D eigenvalue weighted by Gasteiger charge is 2.25. The first kappa shape index (κ1) is 24.6. The van der Waals surface area contributed by atoms with Crippen molar-refractivity contribution >= 4 is 10.0 Å². The van der Waals surface area contributed by atoms with Crippen LogP contribution in [-0.4, -0.2) is 43.7 Å². The zero-order chi connectivity index (χ0) is 25.0. The molecule has 3 aromatic rings. The summed E-state index contributed by atoms with van der Waals surface area (Å²) < 4.78 is 63.5. The van der Waals surface area contributed by atoms with Crippen LogP contribution in [0.15, 0.2) is 54.9 Å². The Morgan fingerprint density at radius 3 is 2.49 bits per heavy atom. The number of hydrogen-bond acceptors (Lipinski definition) is 6. The highest BCUT2D eigenvalue weighted by molar-refractivity contribution is 7.88. The van der Waals surface area contributed by atoms with Crippen molar-refractivity contribution in [3.05, 3.63) is 72.1 Å². The van der Waals surface area contributed by atoms with Crippen molar-refractivity contribution < 1.29 is 26.7 Å². The van der Waals surface area contributed by atoms with Crippen molar-refractivity contribution in [2.75, 3.05) is 26.0 Å². The maximum Gasteiger partial charge on any atom is 0.211 e. The Hall–Kier alpha value is -3.55. The summed E-state index contributed by atoms with van der Waals surface area (Å²) >= 11 is 0. The van der Waals surface area contributed by atoms with Crippen LogP contribution < -0.4 is 9.47 Å². The number of nitrogens with zero attached hydrogens (tertiary/aromatic N) is 3. The largest absolute Gasteiger partial charge is 0.492 e. The Morgan fingerprint density at radius 1 is 1.03 bits per heavy atom. The van der Waals surface area contributed by atoms with E-state index in [4.69, 9.17) is 9.47 Å². The van der Waals surface area contributed by atoms with Crippen LogP contribution in [-0.2, 0) is 10.0 Å². The molecule has 0 radical (unpaired) electrons. The second-order valence-electron chi connectivity index (χ2n) is 8.33. The third kappa shape index (κ3) is 6.12. The number of nitriles is 1. The predicted molar refractivity (Wildman–Crippen MR) is 125 cm³/mol. The molecule has 0 saturated carbocycles. The molecule has 1 aliphatic heterocycles. The number of benzene rings is 2. The fraction of sp³-hybridized carbons (Fsp3) is 0.280. The van der Waals surface area contributed by atoms with Crippen LogP contribution in [0.4, 0.5) is 8.78 Å². The molecule has 7 nitrogen and oxygen atoms in total. The molecule has 0 N–H and O–H groups in total. The number of halogens is 2. The lowest BCUT2D eigenvalue weighted by Gasteiger charge is -2.30. The van der Waals surface area contributed by atoms with E-state index in [0.717, 1.165) is 12.1 Å². The molecule has 0 spiro atoms. The summed E-state index contributed by atoms with van der Waals surface area (Å²) in [6, 6.07) is 12.1. The first-order chi connectivity index (χ1) is 16.7. The van der Waals surface area contributed by atoms with Gasteiger partial charge in [0.2, 0.25) is 10.0 Å². The van der Waals surface area contributed by atoms with Gasteiger partial charge in [0.1, 0.15) is 23.3 Å². The van der Waals surface area contributed by atoms with Gasteiger partial charge in [-0.25, -0.2) is 21.5 Å². The van der Waals surface area contributed by atoms with E-state index >= 15 is 0 Å². The number of sulfonamides is 1. The highest BCUT2D eigenvalue weighted by Crippen LogP contribution is 2.31. The van der Waals surface area contributed by atoms with Gasteiger partial charge in [-0.1, -0.05) is 6.07 Å². The summed E-state index contributed by atoms with van der Waals surface area (Å²) in [5.74, 6) is -0.572. The minimum Gasteiger partial charge on any atom is -0.492 e. The summed E-state index contributed by atoms with van der Waals surface area (Å²) in [4.78, 5) is 4.11. The van der Waals surface area contributed by atoms with Gasteiger partial charge in [0.15, 0.2) is 11.6 Å². The van der Waals surface area contributed by atoms with Gasteiger partial charge in [-0.05, 0) is 54.7 Å². The van der Waals surface area contributed by atoms with Crippen LogP contribution in [0.3, 0.4) is 0 Å². The molecule has 0 atom stereocenters. The first-order valence-electron chi connectivity index (χ1n) is 10.9.